The summed E-state index contributed by atoms with van der Waals surface area (Å²) in [6, 6.07) is 5.25. The Hall–Kier alpha value is -1.83. The van der Waals surface area contributed by atoms with E-state index in [0.29, 0.717) is 56.5 Å². The second-order valence-corrected chi connectivity index (χ2v) is 6.45. The zero-order valence-corrected chi connectivity index (χ0v) is 15.4. The molecule has 0 unspecified atom stereocenters. The number of nitrogens with zero attached hydrogens (tertiary/aromatic N) is 2. The summed E-state index contributed by atoms with van der Waals surface area (Å²) in [6.45, 7) is 4.06. The monoisotopic (exact) mass is 351 g/mol. The molecule has 1 heterocycles. The Morgan fingerprint density at radius 1 is 1.44 bits per heavy atom. The van der Waals surface area contributed by atoms with Gasteiger partial charge in [0.2, 0.25) is 0 Å². The molecule has 0 aromatic heterocycles. The largest absolute Gasteiger partial charge is 0.497 e. The first-order valence-corrected chi connectivity index (χ1v) is 8.57. The molecule has 140 valence electrons. The highest BCUT2D eigenvalue weighted by atomic mass is 16.5. The normalized spacial score (nSPS) is 18.1. The van der Waals surface area contributed by atoms with Crippen LogP contribution in [0.25, 0.3) is 0 Å². The third kappa shape index (κ3) is 5.59. The van der Waals surface area contributed by atoms with Crippen LogP contribution in [0, 0.1) is 5.92 Å². The van der Waals surface area contributed by atoms with Gasteiger partial charge in [-0.25, -0.2) is 0 Å². The van der Waals surface area contributed by atoms with E-state index in [1.807, 2.05) is 19.0 Å². The number of methoxy groups -OCH3 is 1. The molecule has 1 saturated heterocycles. The number of rotatable bonds is 7. The van der Waals surface area contributed by atoms with Gasteiger partial charge >= 0.3 is 0 Å². The van der Waals surface area contributed by atoms with Crippen LogP contribution in [0.5, 0.6) is 11.5 Å². The lowest BCUT2D eigenvalue weighted by atomic mass is 10.1. The third-order valence-corrected chi connectivity index (χ3v) is 4.04. The molecular weight excluding hydrogens is 322 g/mol. The number of benzene rings is 1. The molecule has 2 rings (SSSR count). The van der Waals surface area contributed by atoms with Crippen molar-refractivity contribution >= 4 is 5.91 Å². The molecule has 25 heavy (non-hydrogen) atoms. The molecule has 0 aliphatic carbocycles. The average Bonchev–Trinajstić information content (AvgIpc) is 2.84. The summed E-state index contributed by atoms with van der Waals surface area (Å²) in [6.07, 6.45) is 0. The van der Waals surface area contributed by atoms with Crippen molar-refractivity contribution in [2.24, 2.45) is 11.7 Å². The zero-order valence-electron chi connectivity index (χ0n) is 15.4. The summed E-state index contributed by atoms with van der Waals surface area (Å²) in [5, 5.41) is 0. The van der Waals surface area contributed by atoms with Gasteiger partial charge in [-0.3, -0.25) is 4.79 Å². The highest BCUT2D eigenvalue weighted by Crippen LogP contribution is 2.26. The maximum atomic E-state index is 13.1. The number of carbonyl (C=O) groups excluding carboxylic acids is 1. The topological polar surface area (TPSA) is 77.3 Å². The Labute approximate surface area is 149 Å². The molecule has 0 saturated carbocycles. The number of nitrogens with two attached hydrogens (primary N) is 1. The molecule has 0 radical (unpaired) electrons. The highest BCUT2D eigenvalue weighted by Gasteiger charge is 2.26. The van der Waals surface area contributed by atoms with E-state index in [1.54, 1.807) is 25.3 Å². The number of hydrogen-bond donors (Lipinski definition) is 1. The maximum Gasteiger partial charge on any atom is 0.257 e. The first-order valence-electron chi connectivity index (χ1n) is 8.57. The van der Waals surface area contributed by atoms with Crippen molar-refractivity contribution in [1.29, 1.82) is 0 Å². The van der Waals surface area contributed by atoms with Crippen molar-refractivity contribution in [3.63, 3.8) is 0 Å². The molecule has 0 spiro atoms. The minimum absolute atomic E-state index is 0.0519. The molecule has 1 amide bonds. The second-order valence-electron chi connectivity index (χ2n) is 6.45. The summed E-state index contributed by atoms with van der Waals surface area (Å²) in [5.74, 6) is 1.38. The third-order valence-electron chi connectivity index (χ3n) is 4.04. The van der Waals surface area contributed by atoms with Crippen LogP contribution in [0.15, 0.2) is 18.2 Å². The van der Waals surface area contributed by atoms with Crippen LogP contribution in [0.3, 0.4) is 0 Å². The number of carbonyl (C=O) groups is 1. The van der Waals surface area contributed by atoms with Crippen molar-refractivity contribution in [2.75, 3.05) is 67.2 Å². The Morgan fingerprint density at radius 3 is 2.92 bits per heavy atom. The van der Waals surface area contributed by atoms with E-state index >= 15 is 0 Å². The van der Waals surface area contributed by atoms with Crippen LogP contribution in [-0.2, 0) is 4.74 Å². The maximum absolute atomic E-state index is 13.1. The number of ether oxygens (including phenoxy) is 3. The molecule has 1 fully saturated rings. The van der Waals surface area contributed by atoms with Crippen LogP contribution < -0.4 is 15.2 Å². The van der Waals surface area contributed by atoms with E-state index in [9.17, 15) is 4.79 Å². The smallest absolute Gasteiger partial charge is 0.257 e. The van der Waals surface area contributed by atoms with Crippen LogP contribution >= 0.6 is 0 Å². The van der Waals surface area contributed by atoms with Gasteiger partial charge in [0, 0.05) is 38.2 Å². The fourth-order valence-electron chi connectivity index (χ4n) is 2.96. The molecule has 7 heteroatoms. The van der Waals surface area contributed by atoms with Gasteiger partial charge < -0.3 is 29.7 Å². The predicted molar refractivity (Wildman–Crippen MR) is 96.3 cm³/mol. The molecule has 7 nitrogen and oxygen atoms in total. The minimum atomic E-state index is -0.0519. The van der Waals surface area contributed by atoms with Crippen molar-refractivity contribution in [1.82, 2.24) is 9.80 Å². The van der Waals surface area contributed by atoms with Crippen LogP contribution in [0.4, 0.5) is 0 Å². The summed E-state index contributed by atoms with van der Waals surface area (Å²) in [5.41, 5.74) is 6.06. The van der Waals surface area contributed by atoms with Gasteiger partial charge in [0.15, 0.2) is 0 Å². The molecule has 0 bridgehead atoms. The van der Waals surface area contributed by atoms with Crippen molar-refractivity contribution in [3.8, 4) is 11.5 Å². The van der Waals surface area contributed by atoms with Gasteiger partial charge in [0.25, 0.3) is 5.91 Å². The lowest BCUT2D eigenvalue weighted by Crippen LogP contribution is -2.38. The highest BCUT2D eigenvalue weighted by molar-refractivity contribution is 5.97. The van der Waals surface area contributed by atoms with E-state index in [1.165, 1.54) is 0 Å². The fourth-order valence-corrected chi connectivity index (χ4v) is 2.96. The van der Waals surface area contributed by atoms with Gasteiger partial charge in [0.05, 0.1) is 25.9 Å². The van der Waals surface area contributed by atoms with Crippen molar-refractivity contribution in [2.45, 2.75) is 0 Å². The van der Waals surface area contributed by atoms with E-state index in [0.717, 1.165) is 6.54 Å². The lowest BCUT2D eigenvalue weighted by molar-refractivity contribution is 0.0730. The summed E-state index contributed by atoms with van der Waals surface area (Å²) in [7, 11) is 5.64. The Balaban J connectivity index is 2.19. The zero-order chi connectivity index (χ0) is 18.2. The van der Waals surface area contributed by atoms with Gasteiger partial charge in [-0.2, -0.15) is 0 Å². The van der Waals surface area contributed by atoms with Crippen molar-refractivity contribution in [3.05, 3.63) is 23.8 Å². The first-order chi connectivity index (χ1) is 12.0. The van der Waals surface area contributed by atoms with Crippen LogP contribution in [-0.4, -0.2) is 82.9 Å². The van der Waals surface area contributed by atoms with Gasteiger partial charge in [-0.05, 0) is 26.2 Å². The predicted octanol–water partition coefficient (Wildman–Crippen LogP) is 0.683. The Bertz CT molecular complexity index is 565. The van der Waals surface area contributed by atoms with Crippen LogP contribution in [0.1, 0.15) is 10.4 Å². The molecule has 1 aromatic rings. The number of hydrogen-bond acceptors (Lipinski definition) is 6. The minimum Gasteiger partial charge on any atom is -0.497 e. The molecule has 1 atom stereocenters. The van der Waals surface area contributed by atoms with Gasteiger partial charge in [-0.1, -0.05) is 0 Å². The summed E-state index contributed by atoms with van der Waals surface area (Å²) >= 11 is 0. The molecule has 1 aliphatic rings. The quantitative estimate of drug-likeness (QED) is 0.779. The summed E-state index contributed by atoms with van der Waals surface area (Å²) in [4.78, 5) is 17.0. The molecule has 1 aliphatic heterocycles. The first kappa shape index (κ1) is 19.5. The average molecular weight is 351 g/mol. The molecular formula is C18H29N3O4. The molecule has 2 N–H and O–H groups in total. The Kier molecular flexibility index (Phi) is 7.49. The Morgan fingerprint density at radius 2 is 2.24 bits per heavy atom. The van der Waals surface area contributed by atoms with E-state index in [4.69, 9.17) is 19.9 Å². The van der Waals surface area contributed by atoms with Gasteiger partial charge in [0.1, 0.15) is 18.1 Å². The van der Waals surface area contributed by atoms with Crippen molar-refractivity contribution < 1.29 is 19.0 Å². The lowest BCUT2D eigenvalue weighted by Gasteiger charge is -2.26. The SMILES string of the molecule is COc1ccc(C(=O)N2CCOC[C@@H](CN(C)C)C2)c(OCCN)c1. The standard InChI is InChI=1S/C18H29N3O4/c1-20(2)11-14-12-21(7-9-24-13-14)18(22)16-5-4-15(23-3)10-17(16)25-8-6-19/h4-5,10,14H,6-9,11-13,19H2,1-3H3/t14-/m0/s1. The van der Waals surface area contributed by atoms with Crippen LogP contribution in [0.2, 0.25) is 0 Å². The second kappa shape index (κ2) is 9.60. The van der Waals surface area contributed by atoms with E-state index < -0.39 is 0 Å². The molecule has 1 aromatic carbocycles. The van der Waals surface area contributed by atoms with E-state index in [2.05, 4.69) is 4.90 Å². The number of amides is 1. The van der Waals surface area contributed by atoms with E-state index in [-0.39, 0.29) is 11.8 Å². The summed E-state index contributed by atoms with van der Waals surface area (Å²) < 4.78 is 16.6. The van der Waals surface area contributed by atoms with Gasteiger partial charge in [-0.15, -0.1) is 0 Å². The fraction of sp³-hybridized carbons (Fsp3) is 0.611.